The van der Waals surface area contributed by atoms with Crippen molar-refractivity contribution in [2.45, 2.75) is 0 Å². The first-order chi connectivity index (χ1) is 9.66. The summed E-state index contributed by atoms with van der Waals surface area (Å²) in [5.41, 5.74) is 8.95. The Morgan fingerprint density at radius 3 is 2.35 bits per heavy atom. The number of hydrazine groups is 1. The zero-order valence-electron chi connectivity index (χ0n) is 11.4. The molecule has 0 spiro atoms. The van der Waals surface area contributed by atoms with Crippen molar-refractivity contribution in [1.29, 1.82) is 0 Å². The molecule has 4 heteroatoms. The number of nitrogens with two attached hydrogens (primary N) is 2. The van der Waals surface area contributed by atoms with Crippen molar-refractivity contribution >= 4 is 18.0 Å². The van der Waals surface area contributed by atoms with Crippen molar-refractivity contribution in [1.82, 2.24) is 5.12 Å². The molecule has 0 aliphatic carbocycles. The van der Waals surface area contributed by atoms with Crippen LogP contribution in [-0.4, -0.2) is 18.0 Å². The largest absolute Gasteiger partial charge is 0.382 e. The van der Waals surface area contributed by atoms with Crippen molar-refractivity contribution < 1.29 is 0 Å². The highest BCUT2D eigenvalue weighted by Gasteiger charge is 2.03. The summed E-state index contributed by atoms with van der Waals surface area (Å²) in [5.74, 6) is 5.89. The molecule has 102 valence electrons. The maximum Gasteiger partial charge on any atom is 0.152 e. The molecule has 2 rings (SSSR count). The minimum Gasteiger partial charge on any atom is -0.382 e. The molecule has 0 bridgehead atoms. The van der Waals surface area contributed by atoms with Crippen molar-refractivity contribution in [2.24, 2.45) is 16.7 Å². The van der Waals surface area contributed by atoms with Gasteiger partial charge in [-0.2, -0.15) is 0 Å². The molecular formula is C16H18N4. The summed E-state index contributed by atoms with van der Waals surface area (Å²) in [6, 6.07) is 17.9. The molecule has 0 aromatic heterocycles. The van der Waals surface area contributed by atoms with E-state index in [0.29, 0.717) is 5.84 Å². The fraction of sp³-hybridized carbons (Fsp3) is 0.0625. The number of benzene rings is 2. The maximum atomic E-state index is 5.96. The summed E-state index contributed by atoms with van der Waals surface area (Å²) in [6.07, 6.45) is 4.06. The van der Waals surface area contributed by atoms with Gasteiger partial charge in [0.15, 0.2) is 5.84 Å². The molecule has 0 saturated carbocycles. The Labute approximate surface area is 119 Å². The molecule has 2 aromatic rings. The van der Waals surface area contributed by atoms with Gasteiger partial charge in [0.1, 0.15) is 0 Å². The Balaban J connectivity index is 2.31. The second-order valence-corrected chi connectivity index (χ2v) is 4.39. The lowest BCUT2D eigenvalue weighted by atomic mass is 10.1. The van der Waals surface area contributed by atoms with E-state index in [4.69, 9.17) is 11.6 Å². The van der Waals surface area contributed by atoms with Crippen LogP contribution in [0.15, 0.2) is 59.7 Å². The van der Waals surface area contributed by atoms with Crippen LogP contribution in [0, 0.1) is 0 Å². The first-order valence-electron chi connectivity index (χ1n) is 6.32. The van der Waals surface area contributed by atoms with E-state index in [1.54, 1.807) is 7.05 Å². The van der Waals surface area contributed by atoms with Gasteiger partial charge in [-0.05, 0) is 11.1 Å². The van der Waals surface area contributed by atoms with Gasteiger partial charge >= 0.3 is 0 Å². The standard InChI is InChI=1S/C16H18N4/c1-20(18)19-16(17)15-10-6-5-9-14(15)12-11-13-7-3-2-4-8-13/h2-12H,18H2,1H3,(H2,17,19)/b12-11+. The molecule has 0 amide bonds. The van der Waals surface area contributed by atoms with E-state index >= 15 is 0 Å². The van der Waals surface area contributed by atoms with Crippen LogP contribution >= 0.6 is 0 Å². The third kappa shape index (κ3) is 3.70. The van der Waals surface area contributed by atoms with Crippen LogP contribution in [0.5, 0.6) is 0 Å². The Hall–Kier alpha value is -2.59. The smallest absolute Gasteiger partial charge is 0.152 e. The number of nitrogens with zero attached hydrogens (tertiary/aromatic N) is 2. The normalized spacial score (nSPS) is 11.8. The Kier molecular flexibility index (Phi) is 4.52. The molecule has 20 heavy (non-hydrogen) atoms. The minimum absolute atomic E-state index is 0.392. The predicted molar refractivity (Wildman–Crippen MR) is 84.5 cm³/mol. The number of hydrazone groups is 1. The molecule has 0 saturated heterocycles. The average Bonchev–Trinajstić information content (AvgIpc) is 2.46. The lowest BCUT2D eigenvalue weighted by Gasteiger charge is -2.09. The molecule has 0 fully saturated rings. The van der Waals surface area contributed by atoms with Gasteiger partial charge < -0.3 is 5.73 Å². The van der Waals surface area contributed by atoms with Crippen LogP contribution in [0.1, 0.15) is 16.7 Å². The number of amidine groups is 1. The first-order valence-corrected chi connectivity index (χ1v) is 6.32. The lowest BCUT2D eigenvalue weighted by molar-refractivity contribution is 0.371. The van der Waals surface area contributed by atoms with Crippen LogP contribution in [0.25, 0.3) is 12.2 Å². The summed E-state index contributed by atoms with van der Waals surface area (Å²) in [4.78, 5) is 0. The predicted octanol–water partition coefficient (Wildman–Crippen LogP) is 2.28. The van der Waals surface area contributed by atoms with E-state index in [0.717, 1.165) is 16.7 Å². The van der Waals surface area contributed by atoms with E-state index in [9.17, 15) is 0 Å². The Morgan fingerprint density at radius 2 is 1.65 bits per heavy atom. The van der Waals surface area contributed by atoms with Gasteiger partial charge in [0.05, 0.1) is 0 Å². The highest BCUT2D eigenvalue weighted by atomic mass is 15.6. The fourth-order valence-electron chi connectivity index (χ4n) is 1.85. The summed E-state index contributed by atoms with van der Waals surface area (Å²) in [6.45, 7) is 0. The molecular weight excluding hydrogens is 248 g/mol. The zero-order valence-corrected chi connectivity index (χ0v) is 11.4. The Bertz CT molecular complexity index is 615. The third-order valence-electron chi connectivity index (χ3n) is 2.76. The molecule has 0 atom stereocenters. The van der Waals surface area contributed by atoms with Crippen LogP contribution in [0.2, 0.25) is 0 Å². The number of hydrogen-bond donors (Lipinski definition) is 2. The third-order valence-corrected chi connectivity index (χ3v) is 2.76. The van der Waals surface area contributed by atoms with Crippen molar-refractivity contribution in [3.63, 3.8) is 0 Å². The quantitative estimate of drug-likeness (QED) is 0.293. The maximum absolute atomic E-state index is 5.96. The van der Waals surface area contributed by atoms with Crippen molar-refractivity contribution in [3.8, 4) is 0 Å². The van der Waals surface area contributed by atoms with Crippen LogP contribution < -0.4 is 11.6 Å². The Morgan fingerprint density at radius 1 is 1.00 bits per heavy atom. The fourth-order valence-corrected chi connectivity index (χ4v) is 1.85. The second kappa shape index (κ2) is 6.54. The molecule has 2 aromatic carbocycles. The van der Waals surface area contributed by atoms with E-state index in [1.807, 2.05) is 66.7 Å². The lowest BCUT2D eigenvalue weighted by Crippen LogP contribution is -2.26. The van der Waals surface area contributed by atoms with Gasteiger partial charge in [-0.25, -0.2) is 11.0 Å². The summed E-state index contributed by atoms with van der Waals surface area (Å²) in [7, 11) is 1.63. The van der Waals surface area contributed by atoms with Gasteiger partial charge in [-0.3, -0.25) is 0 Å². The van der Waals surface area contributed by atoms with Gasteiger partial charge in [-0.1, -0.05) is 66.7 Å². The number of rotatable bonds is 4. The molecule has 0 unspecified atom stereocenters. The van der Waals surface area contributed by atoms with E-state index in [-0.39, 0.29) is 0 Å². The first kappa shape index (κ1) is 13.8. The average molecular weight is 266 g/mol. The minimum atomic E-state index is 0.392. The zero-order chi connectivity index (χ0) is 14.4. The molecule has 4 N–H and O–H groups in total. The molecule has 0 aliphatic heterocycles. The van der Waals surface area contributed by atoms with Crippen LogP contribution in [0.3, 0.4) is 0 Å². The van der Waals surface area contributed by atoms with Gasteiger partial charge in [0.2, 0.25) is 0 Å². The summed E-state index contributed by atoms with van der Waals surface area (Å²) in [5, 5.41) is 5.24. The molecule has 4 nitrogen and oxygen atoms in total. The summed E-state index contributed by atoms with van der Waals surface area (Å²) < 4.78 is 0. The summed E-state index contributed by atoms with van der Waals surface area (Å²) >= 11 is 0. The van der Waals surface area contributed by atoms with Gasteiger partial charge in [0.25, 0.3) is 0 Å². The molecule has 0 aliphatic rings. The highest BCUT2D eigenvalue weighted by Crippen LogP contribution is 2.13. The van der Waals surface area contributed by atoms with Crippen LogP contribution in [0.4, 0.5) is 0 Å². The van der Waals surface area contributed by atoms with Gasteiger partial charge in [0, 0.05) is 12.6 Å². The van der Waals surface area contributed by atoms with Crippen molar-refractivity contribution in [3.05, 3.63) is 71.3 Å². The number of hydrogen-bond acceptors (Lipinski definition) is 3. The van der Waals surface area contributed by atoms with E-state index in [1.165, 1.54) is 5.12 Å². The highest BCUT2D eigenvalue weighted by molar-refractivity contribution is 6.01. The van der Waals surface area contributed by atoms with Crippen LogP contribution in [-0.2, 0) is 0 Å². The topological polar surface area (TPSA) is 67.6 Å². The molecule has 0 heterocycles. The second-order valence-electron chi connectivity index (χ2n) is 4.39. The SMILES string of the molecule is CN(N)/N=C(\N)c1ccccc1/C=C/c1ccccc1. The van der Waals surface area contributed by atoms with Gasteiger partial charge in [-0.15, -0.1) is 5.10 Å². The molecule has 0 radical (unpaired) electrons. The van der Waals surface area contributed by atoms with E-state index in [2.05, 4.69) is 5.10 Å². The van der Waals surface area contributed by atoms with E-state index < -0.39 is 0 Å². The van der Waals surface area contributed by atoms with Crippen molar-refractivity contribution in [2.75, 3.05) is 7.05 Å². The monoisotopic (exact) mass is 266 g/mol.